The van der Waals surface area contributed by atoms with Crippen LogP contribution in [0.5, 0.6) is 0 Å². The maximum atomic E-state index is 11.3. The molecule has 0 fully saturated rings. The number of amides is 3. The number of urea groups is 1. The minimum atomic E-state index is -0.819. The lowest BCUT2D eigenvalue weighted by atomic mass is 10.3. The Morgan fingerprint density at radius 1 is 1.40 bits per heavy atom. The van der Waals surface area contributed by atoms with Crippen LogP contribution in [0.15, 0.2) is 29.4 Å². The molecule has 106 valence electrons. The summed E-state index contributed by atoms with van der Waals surface area (Å²) >= 11 is 1.49. The van der Waals surface area contributed by atoms with Gasteiger partial charge in [0.15, 0.2) is 5.16 Å². The number of aryl methyl sites for hydroxylation is 1. The number of para-hydroxylation sites is 2. The van der Waals surface area contributed by atoms with Crippen molar-refractivity contribution in [2.45, 2.75) is 25.0 Å². The second-order valence-corrected chi connectivity index (χ2v) is 5.20. The highest BCUT2D eigenvalue weighted by Crippen LogP contribution is 2.24. The Bertz CT molecular complexity index is 638. The van der Waals surface area contributed by atoms with Gasteiger partial charge in [0.25, 0.3) is 0 Å². The smallest absolute Gasteiger partial charge is 0.318 e. The van der Waals surface area contributed by atoms with Crippen molar-refractivity contribution in [2.75, 3.05) is 5.75 Å². The summed E-state index contributed by atoms with van der Waals surface area (Å²) in [6.07, 6.45) is 0.223. The van der Waals surface area contributed by atoms with Crippen molar-refractivity contribution >= 4 is 34.7 Å². The standard InChI is InChI=1S/C13H16N4O2S/c1-2-17-10-6-4-3-5-9(10)15-13(17)20-8-7-11(18)16-12(14)19/h3-6H,2,7-8H2,1H3,(H3,14,16,18,19). The van der Waals surface area contributed by atoms with Crippen molar-refractivity contribution < 1.29 is 9.59 Å². The summed E-state index contributed by atoms with van der Waals surface area (Å²) in [5.74, 6) is 0.173. The lowest BCUT2D eigenvalue weighted by Crippen LogP contribution is -2.35. The van der Waals surface area contributed by atoms with E-state index in [9.17, 15) is 9.59 Å². The largest absolute Gasteiger partial charge is 0.351 e. The molecule has 2 rings (SSSR count). The Kier molecular flexibility index (Phi) is 4.62. The summed E-state index contributed by atoms with van der Waals surface area (Å²) in [5.41, 5.74) is 6.90. The molecule has 0 saturated carbocycles. The molecule has 0 saturated heterocycles. The molecule has 3 amide bonds. The molecule has 0 aliphatic heterocycles. The number of thioether (sulfide) groups is 1. The van der Waals surface area contributed by atoms with E-state index in [2.05, 4.69) is 16.5 Å². The van der Waals surface area contributed by atoms with Gasteiger partial charge in [-0.15, -0.1) is 0 Å². The Hall–Kier alpha value is -2.02. The second-order valence-electron chi connectivity index (χ2n) is 4.14. The molecule has 0 unspecified atom stereocenters. The maximum Gasteiger partial charge on any atom is 0.318 e. The number of carbonyl (C=O) groups excluding carboxylic acids is 2. The molecular weight excluding hydrogens is 276 g/mol. The number of nitrogens with zero attached hydrogens (tertiary/aromatic N) is 2. The Morgan fingerprint density at radius 2 is 2.15 bits per heavy atom. The van der Waals surface area contributed by atoms with Crippen molar-refractivity contribution in [3.8, 4) is 0 Å². The molecule has 0 bridgehead atoms. The van der Waals surface area contributed by atoms with Crippen LogP contribution < -0.4 is 11.1 Å². The van der Waals surface area contributed by atoms with Gasteiger partial charge in [0.1, 0.15) is 0 Å². The topological polar surface area (TPSA) is 90.0 Å². The normalized spacial score (nSPS) is 10.7. The summed E-state index contributed by atoms with van der Waals surface area (Å²) in [4.78, 5) is 26.4. The van der Waals surface area contributed by atoms with E-state index in [4.69, 9.17) is 5.73 Å². The molecular formula is C13H16N4O2S. The third kappa shape index (κ3) is 3.30. The lowest BCUT2D eigenvalue weighted by Gasteiger charge is -2.05. The van der Waals surface area contributed by atoms with Crippen LogP contribution in [0.4, 0.5) is 4.79 Å². The summed E-state index contributed by atoms with van der Waals surface area (Å²) in [7, 11) is 0. The number of fused-ring (bicyclic) bond motifs is 1. The fourth-order valence-corrected chi connectivity index (χ4v) is 2.92. The number of benzene rings is 1. The van der Waals surface area contributed by atoms with Crippen LogP contribution in [-0.4, -0.2) is 27.2 Å². The van der Waals surface area contributed by atoms with Gasteiger partial charge in [0.2, 0.25) is 5.91 Å². The average molecular weight is 292 g/mol. The van der Waals surface area contributed by atoms with E-state index in [0.717, 1.165) is 22.7 Å². The summed E-state index contributed by atoms with van der Waals surface area (Å²) in [6.45, 7) is 2.87. The van der Waals surface area contributed by atoms with Gasteiger partial charge in [-0.1, -0.05) is 23.9 Å². The molecule has 1 heterocycles. The number of hydrogen-bond acceptors (Lipinski definition) is 4. The van der Waals surface area contributed by atoms with E-state index in [1.165, 1.54) is 11.8 Å². The third-order valence-corrected chi connectivity index (χ3v) is 3.74. The molecule has 6 nitrogen and oxygen atoms in total. The zero-order chi connectivity index (χ0) is 14.5. The quantitative estimate of drug-likeness (QED) is 0.821. The van der Waals surface area contributed by atoms with Crippen LogP contribution in [0.2, 0.25) is 0 Å². The van der Waals surface area contributed by atoms with Crippen LogP contribution in [-0.2, 0) is 11.3 Å². The van der Waals surface area contributed by atoms with Crippen molar-refractivity contribution in [2.24, 2.45) is 5.73 Å². The first-order valence-electron chi connectivity index (χ1n) is 6.29. The van der Waals surface area contributed by atoms with E-state index in [1.54, 1.807) is 0 Å². The predicted molar refractivity (Wildman–Crippen MR) is 78.5 cm³/mol. The summed E-state index contributed by atoms with van der Waals surface area (Å²) in [5, 5.41) is 2.92. The highest BCUT2D eigenvalue weighted by Gasteiger charge is 2.10. The lowest BCUT2D eigenvalue weighted by molar-refractivity contribution is -0.119. The molecule has 20 heavy (non-hydrogen) atoms. The Labute approximate surface area is 120 Å². The monoisotopic (exact) mass is 292 g/mol. The molecule has 2 aromatic rings. The summed E-state index contributed by atoms with van der Waals surface area (Å²) < 4.78 is 2.10. The highest BCUT2D eigenvalue weighted by molar-refractivity contribution is 7.99. The molecule has 7 heteroatoms. The molecule has 0 radical (unpaired) electrons. The number of hydrogen-bond donors (Lipinski definition) is 2. The number of imidazole rings is 1. The molecule has 0 aliphatic rings. The third-order valence-electron chi connectivity index (χ3n) is 2.76. The van der Waals surface area contributed by atoms with Gasteiger partial charge in [0, 0.05) is 18.7 Å². The number of nitrogens with one attached hydrogen (secondary N) is 1. The molecule has 3 N–H and O–H groups in total. The first-order chi connectivity index (χ1) is 9.61. The zero-order valence-electron chi connectivity index (χ0n) is 11.1. The van der Waals surface area contributed by atoms with Crippen LogP contribution in [0.1, 0.15) is 13.3 Å². The van der Waals surface area contributed by atoms with E-state index < -0.39 is 6.03 Å². The Balaban J connectivity index is 2.03. The predicted octanol–water partition coefficient (Wildman–Crippen LogP) is 1.73. The minimum Gasteiger partial charge on any atom is -0.351 e. The minimum absolute atomic E-state index is 0.223. The second kappa shape index (κ2) is 6.42. The van der Waals surface area contributed by atoms with Gasteiger partial charge in [0.05, 0.1) is 11.0 Å². The summed E-state index contributed by atoms with van der Waals surface area (Å²) in [6, 6.07) is 7.09. The number of primary amides is 1. The SMILES string of the molecule is CCn1c(SCCC(=O)NC(N)=O)nc2ccccc21. The number of rotatable bonds is 5. The van der Waals surface area contributed by atoms with E-state index in [1.807, 2.05) is 29.6 Å². The number of aromatic nitrogens is 2. The molecule has 1 aromatic carbocycles. The van der Waals surface area contributed by atoms with Crippen LogP contribution in [0.25, 0.3) is 11.0 Å². The fraction of sp³-hybridized carbons (Fsp3) is 0.308. The van der Waals surface area contributed by atoms with Gasteiger partial charge in [-0.05, 0) is 19.1 Å². The number of carbonyl (C=O) groups is 2. The van der Waals surface area contributed by atoms with Crippen LogP contribution >= 0.6 is 11.8 Å². The van der Waals surface area contributed by atoms with E-state index >= 15 is 0 Å². The van der Waals surface area contributed by atoms with Gasteiger partial charge >= 0.3 is 6.03 Å². The molecule has 1 aromatic heterocycles. The van der Waals surface area contributed by atoms with Gasteiger partial charge in [-0.3, -0.25) is 10.1 Å². The van der Waals surface area contributed by atoms with Gasteiger partial charge < -0.3 is 10.3 Å². The van der Waals surface area contributed by atoms with E-state index in [-0.39, 0.29) is 12.3 Å². The maximum absolute atomic E-state index is 11.3. The highest BCUT2D eigenvalue weighted by atomic mass is 32.2. The van der Waals surface area contributed by atoms with Crippen molar-refractivity contribution in [3.63, 3.8) is 0 Å². The van der Waals surface area contributed by atoms with Crippen molar-refractivity contribution in [3.05, 3.63) is 24.3 Å². The molecule has 0 atom stereocenters. The average Bonchev–Trinajstić information content (AvgIpc) is 2.75. The van der Waals surface area contributed by atoms with Gasteiger partial charge in [-0.2, -0.15) is 0 Å². The fourth-order valence-electron chi connectivity index (χ4n) is 1.90. The first-order valence-corrected chi connectivity index (χ1v) is 7.27. The molecule has 0 spiro atoms. The van der Waals surface area contributed by atoms with Crippen LogP contribution in [0, 0.1) is 0 Å². The zero-order valence-corrected chi connectivity index (χ0v) is 11.9. The number of imide groups is 1. The Morgan fingerprint density at radius 3 is 2.85 bits per heavy atom. The number of nitrogens with two attached hydrogens (primary N) is 1. The van der Waals surface area contributed by atoms with Gasteiger partial charge in [-0.25, -0.2) is 9.78 Å². The van der Waals surface area contributed by atoms with Crippen molar-refractivity contribution in [1.29, 1.82) is 0 Å². The first kappa shape index (κ1) is 14.4. The van der Waals surface area contributed by atoms with E-state index in [0.29, 0.717) is 5.75 Å². The molecule has 0 aliphatic carbocycles. The van der Waals surface area contributed by atoms with Crippen LogP contribution in [0.3, 0.4) is 0 Å². The van der Waals surface area contributed by atoms with Crippen molar-refractivity contribution in [1.82, 2.24) is 14.9 Å².